The van der Waals surface area contributed by atoms with Crippen molar-refractivity contribution in [3.8, 4) is 11.1 Å². The van der Waals surface area contributed by atoms with Crippen molar-refractivity contribution in [3.63, 3.8) is 0 Å². The highest BCUT2D eigenvalue weighted by Gasteiger charge is 2.35. The molecule has 2 N–H and O–H groups in total. The van der Waals surface area contributed by atoms with E-state index in [4.69, 9.17) is 9.90 Å². The number of likely N-dealkylation sites (tertiary alicyclic amines) is 1. The number of pyridine rings is 1. The fourth-order valence-corrected chi connectivity index (χ4v) is 5.02. The van der Waals surface area contributed by atoms with Crippen LogP contribution in [0.15, 0.2) is 41.2 Å². The lowest BCUT2D eigenvalue weighted by Crippen LogP contribution is -2.48. The Morgan fingerprint density at radius 2 is 1.90 bits per heavy atom. The third-order valence-electron chi connectivity index (χ3n) is 5.96. The van der Waals surface area contributed by atoms with Crippen molar-refractivity contribution in [3.05, 3.63) is 58.0 Å². The molecular formula is C24H32N2O4. The van der Waals surface area contributed by atoms with Crippen LogP contribution in [0.3, 0.4) is 0 Å². The molecular weight excluding hydrogens is 380 g/mol. The average molecular weight is 413 g/mol. The number of rotatable bonds is 5. The van der Waals surface area contributed by atoms with E-state index in [2.05, 4.69) is 30.9 Å². The molecule has 1 saturated heterocycles. The fraction of sp³-hybridized carbons (Fsp3) is 0.500. The van der Waals surface area contributed by atoms with E-state index in [1.54, 1.807) is 6.07 Å². The number of carbonyl (C=O) groups is 1. The van der Waals surface area contributed by atoms with Crippen LogP contribution in [0.2, 0.25) is 0 Å². The molecule has 0 radical (unpaired) electrons. The summed E-state index contributed by atoms with van der Waals surface area (Å²) < 4.78 is 2.02. The van der Waals surface area contributed by atoms with Gasteiger partial charge in [-0.3, -0.25) is 9.59 Å². The van der Waals surface area contributed by atoms with Gasteiger partial charge in [-0.2, -0.15) is 0 Å². The molecule has 2 aliphatic heterocycles. The van der Waals surface area contributed by atoms with Gasteiger partial charge in [0.05, 0.1) is 0 Å². The lowest BCUT2D eigenvalue weighted by molar-refractivity contribution is -0.122. The van der Waals surface area contributed by atoms with Crippen LogP contribution in [0.5, 0.6) is 0 Å². The molecule has 3 heterocycles. The van der Waals surface area contributed by atoms with Gasteiger partial charge in [0.1, 0.15) is 0 Å². The summed E-state index contributed by atoms with van der Waals surface area (Å²) in [5, 5.41) is 16.3. The zero-order valence-corrected chi connectivity index (χ0v) is 17.8. The SMILES string of the molecule is CC(C)CN1C[C@@H]2C[C@H](C1)c1cc(-c3ccccc3CCO)cc(=O)n1C2.O=CO. The lowest BCUT2D eigenvalue weighted by atomic mass is 9.82. The quantitative estimate of drug-likeness (QED) is 0.738. The highest BCUT2D eigenvalue weighted by atomic mass is 16.3. The van der Waals surface area contributed by atoms with Crippen molar-refractivity contribution in [1.82, 2.24) is 9.47 Å². The second-order valence-corrected chi connectivity index (χ2v) is 8.76. The Morgan fingerprint density at radius 1 is 1.17 bits per heavy atom. The molecule has 4 rings (SSSR count). The number of fused-ring (bicyclic) bond motifs is 4. The molecule has 30 heavy (non-hydrogen) atoms. The van der Waals surface area contributed by atoms with Crippen LogP contribution in [0, 0.1) is 11.8 Å². The molecule has 0 saturated carbocycles. The molecule has 1 aromatic heterocycles. The number of aliphatic hydroxyl groups is 1. The molecule has 0 unspecified atom stereocenters. The normalized spacial score (nSPS) is 20.3. The molecule has 2 aromatic rings. The van der Waals surface area contributed by atoms with Gasteiger partial charge in [-0.05, 0) is 47.4 Å². The summed E-state index contributed by atoms with van der Waals surface area (Å²) in [4.78, 5) is 23.9. The maximum atomic E-state index is 12.9. The van der Waals surface area contributed by atoms with Crippen molar-refractivity contribution in [1.29, 1.82) is 0 Å². The van der Waals surface area contributed by atoms with Crippen LogP contribution < -0.4 is 5.56 Å². The first-order chi connectivity index (χ1) is 14.5. The average Bonchev–Trinajstić information content (AvgIpc) is 2.69. The van der Waals surface area contributed by atoms with E-state index in [1.165, 1.54) is 12.1 Å². The van der Waals surface area contributed by atoms with Crippen LogP contribution in [0.1, 0.15) is 37.4 Å². The van der Waals surface area contributed by atoms with Gasteiger partial charge in [-0.25, -0.2) is 0 Å². The number of hydrogen-bond acceptors (Lipinski definition) is 4. The molecule has 1 fully saturated rings. The Balaban J connectivity index is 0.000000806. The van der Waals surface area contributed by atoms with Crippen LogP contribution in [-0.4, -0.2) is 52.4 Å². The van der Waals surface area contributed by atoms with E-state index in [0.717, 1.165) is 42.9 Å². The van der Waals surface area contributed by atoms with Gasteiger partial charge >= 0.3 is 0 Å². The summed E-state index contributed by atoms with van der Waals surface area (Å²) >= 11 is 0. The lowest BCUT2D eigenvalue weighted by Gasteiger charge is -2.43. The maximum Gasteiger partial charge on any atom is 0.290 e. The standard InChI is InChI=1S/C23H30N2O2.CH2O2/c1-16(2)12-24-13-17-9-20(15-24)22-10-19(11-23(27)25(22)14-17)21-6-4-3-5-18(21)7-8-26;2-1-3/h3-6,10-11,16-17,20,26H,7-9,12-15H2,1-2H3;1H,(H,2,3)/t17-,20+;/m0./s1. The third kappa shape index (κ3) is 4.99. The first kappa shape index (κ1) is 22.2. The molecule has 2 atom stereocenters. The molecule has 2 aliphatic rings. The molecule has 0 aliphatic carbocycles. The van der Waals surface area contributed by atoms with Gasteiger partial charge in [0.15, 0.2) is 0 Å². The summed E-state index contributed by atoms with van der Waals surface area (Å²) in [6, 6.07) is 12.1. The minimum absolute atomic E-state index is 0.119. The summed E-state index contributed by atoms with van der Waals surface area (Å²) in [5.74, 6) is 1.69. The van der Waals surface area contributed by atoms with Crippen LogP contribution >= 0.6 is 0 Å². The van der Waals surface area contributed by atoms with Crippen molar-refractivity contribution >= 4 is 6.47 Å². The van der Waals surface area contributed by atoms with Crippen LogP contribution in [0.25, 0.3) is 11.1 Å². The number of aromatic nitrogens is 1. The summed E-state index contributed by atoms with van der Waals surface area (Å²) in [6.07, 6.45) is 1.80. The highest BCUT2D eigenvalue weighted by Crippen LogP contribution is 2.37. The molecule has 6 heteroatoms. The fourth-order valence-electron chi connectivity index (χ4n) is 5.02. The molecule has 0 amide bonds. The van der Waals surface area contributed by atoms with E-state index in [-0.39, 0.29) is 18.6 Å². The molecule has 6 nitrogen and oxygen atoms in total. The zero-order valence-electron chi connectivity index (χ0n) is 17.8. The molecule has 1 aromatic carbocycles. The summed E-state index contributed by atoms with van der Waals surface area (Å²) in [5.41, 5.74) is 4.48. The Kier molecular flexibility index (Phi) is 7.45. The van der Waals surface area contributed by atoms with Gasteiger partial charge < -0.3 is 19.7 Å². The number of carboxylic acid groups (broad SMARTS) is 1. The van der Waals surface area contributed by atoms with E-state index in [9.17, 15) is 9.90 Å². The predicted octanol–water partition coefficient (Wildman–Crippen LogP) is 2.83. The largest absolute Gasteiger partial charge is 0.483 e. The van der Waals surface area contributed by atoms with E-state index >= 15 is 0 Å². The van der Waals surface area contributed by atoms with Crippen molar-refractivity contribution in [2.75, 3.05) is 26.2 Å². The number of benzene rings is 1. The Hall–Kier alpha value is -2.44. The third-order valence-corrected chi connectivity index (χ3v) is 5.96. The van der Waals surface area contributed by atoms with Crippen molar-refractivity contribution in [2.24, 2.45) is 11.8 Å². The van der Waals surface area contributed by atoms with Crippen molar-refractivity contribution in [2.45, 2.75) is 39.2 Å². The second-order valence-electron chi connectivity index (χ2n) is 8.76. The van der Waals surface area contributed by atoms with Crippen LogP contribution in [0.4, 0.5) is 0 Å². The minimum Gasteiger partial charge on any atom is -0.483 e. The monoisotopic (exact) mass is 412 g/mol. The Labute approximate surface area is 177 Å². The highest BCUT2D eigenvalue weighted by molar-refractivity contribution is 5.67. The van der Waals surface area contributed by atoms with Gasteiger partial charge in [0.25, 0.3) is 12.0 Å². The first-order valence-electron chi connectivity index (χ1n) is 10.7. The molecule has 0 spiro atoms. The maximum absolute atomic E-state index is 12.9. The van der Waals surface area contributed by atoms with E-state index in [1.807, 2.05) is 22.8 Å². The van der Waals surface area contributed by atoms with E-state index in [0.29, 0.717) is 24.2 Å². The minimum atomic E-state index is -0.250. The zero-order chi connectivity index (χ0) is 21.7. The number of aliphatic hydroxyl groups excluding tert-OH is 1. The topological polar surface area (TPSA) is 82.8 Å². The first-order valence-corrected chi connectivity index (χ1v) is 10.7. The Morgan fingerprint density at radius 3 is 2.60 bits per heavy atom. The molecule has 162 valence electrons. The van der Waals surface area contributed by atoms with Crippen LogP contribution in [-0.2, 0) is 17.8 Å². The number of nitrogens with zero attached hydrogens (tertiary/aromatic N) is 2. The summed E-state index contributed by atoms with van der Waals surface area (Å²) in [6.45, 7) is 8.57. The van der Waals surface area contributed by atoms with E-state index < -0.39 is 0 Å². The Bertz CT molecular complexity index is 922. The number of piperidine rings is 1. The van der Waals surface area contributed by atoms with Crippen molar-refractivity contribution < 1.29 is 15.0 Å². The van der Waals surface area contributed by atoms with Gasteiger partial charge in [0, 0.05) is 50.5 Å². The predicted molar refractivity (Wildman–Crippen MR) is 118 cm³/mol. The molecule has 2 bridgehead atoms. The summed E-state index contributed by atoms with van der Waals surface area (Å²) in [7, 11) is 0. The van der Waals surface area contributed by atoms with Gasteiger partial charge in [0.2, 0.25) is 0 Å². The second kappa shape index (κ2) is 10.0. The number of hydrogen-bond donors (Lipinski definition) is 2. The smallest absolute Gasteiger partial charge is 0.290 e. The van der Waals surface area contributed by atoms with Gasteiger partial charge in [-0.1, -0.05) is 38.1 Å². The van der Waals surface area contributed by atoms with Gasteiger partial charge in [-0.15, -0.1) is 0 Å².